The van der Waals surface area contributed by atoms with Crippen LogP contribution in [0.4, 0.5) is 0 Å². The van der Waals surface area contributed by atoms with E-state index in [9.17, 15) is 9.59 Å². The van der Waals surface area contributed by atoms with Crippen LogP contribution in [0.1, 0.15) is 32.1 Å². The van der Waals surface area contributed by atoms with Gasteiger partial charge in [-0.1, -0.05) is 25.0 Å². The maximum atomic E-state index is 12.2. The predicted molar refractivity (Wildman–Crippen MR) is 93.0 cm³/mol. The van der Waals surface area contributed by atoms with Crippen LogP contribution >= 0.6 is 0 Å². The Bertz CT molecular complexity index is 756. The van der Waals surface area contributed by atoms with Gasteiger partial charge in [0.2, 0.25) is 5.91 Å². The summed E-state index contributed by atoms with van der Waals surface area (Å²) in [4.78, 5) is 27.0. The average Bonchev–Trinajstić information content (AvgIpc) is 3.16. The van der Waals surface area contributed by atoms with E-state index in [4.69, 9.17) is 4.74 Å². The Morgan fingerprint density at radius 1 is 1.33 bits per heavy atom. The van der Waals surface area contributed by atoms with Crippen molar-refractivity contribution in [2.24, 2.45) is 5.41 Å². The minimum absolute atomic E-state index is 0.0189. The van der Waals surface area contributed by atoms with E-state index in [2.05, 4.69) is 10.3 Å². The second-order valence-electron chi connectivity index (χ2n) is 6.77. The molecule has 6 nitrogen and oxygen atoms in total. The van der Waals surface area contributed by atoms with Crippen molar-refractivity contribution in [3.05, 3.63) is 34.7 Å². The highest BCUT2D eigenvalue weighted by Gasteiger charge is 2.34. The number of carbonyl (C=O) groups excluding carboxylic acids is 1. The second kappa shape index (κ2) is 7.21. The van der Waals surface area contributed by atoms with Crippen LogP contribution in [-0.4, -0.2) is 35.7 Å². The summed E-state index contributed by atoms with van der Waals surface area (Å²) in [5.74, 6) is -0.0189. The quantitative estimate of drug-likeness (QED) is 0.815. The third-order valence-electron chi connectivity index (χ3n) is 5.02. The summed E-state index contributed by atoms with van der Waals surface area (Å²) in [7, 11) is 1.71. The summed E-state index contributed by atoms with van der Waals surface area (Å²) in [5, 5.41) is 3.04. The number of rotatable bonds is 7. The molecule has 6 heteroatoms. The van der Waals surface area contributed by atoms with E-state index in [-0.39, 0.29) is 17.0 Å². The third-order valence-corrected chi connectivity index (χ3v) is 5.02. The van der Waals surface area contributed by atoms with Crippen molar-refractivity contribution in [1.82, 2.24) is 14.9 Å². The number of para-hydroxylation sites is 2. The fourth-order valence-electron chi connectivity index (χ4n) is 3.72. The Kier molecular flexibility index (Phi) is 5.04. The van der Waals surface area contributed by atoms with Crippen molar-refractivity contribution in [1.29, 1.82) is 0 Å². The molecule has 1 aromatic heterocycles. The number of methoxy groups -OCH3 is 1. The number of nitrogens with zero attached hydrogens (tertiary/aromatic N) is 1. The topological polar surface area (TPSA) is 76.1 Å². The van der Waals surface area contributed by atoms with Gasteiger partial charge in [0.15, 0.2) is 0 Å². The maximum Gasteiger partial charge on any atom is 0.326 e. The van der Waals surface area contributed by atoms with Crippen LogP contribution in [-0.2, 0) is 16.1 Å². The van der Waals surface area contributed by atoms with Crippen molar-refractivity contribution in [2.75, 3.05) is 20.3 Å². The molecule has 1 amide bonds. The molecule has 0 radical (unpaired) electrons. The molecule has 1 saturated carbocycles. The number of ether oxygens (including phenoxy) is 1. The van der Waals surface area contributed by atoms with Crippen LogP contribution in [0, 0.1) is 5.41 Å². The molecule has 1 aliphatic carbocycles. The molecule has 0 spiro atoms. The molecule has 1 aromatic carbocycles. The summed E-state index contributed by atoms with van der Waals surface area (Å²) in [5.41, 5.74) is 1.55. The first-order valence-corrected chi connectivity index (χ1v) is 8.57. The summed E-state index contributed by atoms with van der Waals surface area (Å²) < 4.78 is 6.96. The lowest BCUT2D eigenvalue weighted by Gasteiger charge is -2.28. The van der Waals surface area contributed by atoms with E-state index in [1.807, 2.05) is 24.3 Å². The number of aromatic amines is 1. The largest absolute Gasteiger partial charge is 0.384 e. The Labute approximate surface area is 141 Å². The van der Waals surface area contributed by atoms with Gasteiger partial charge in [-0.2, -0.15) is 0 Å². The van der Waals surface area contributed by atoms with Crippen LogP contribution in [0.5, 0.6) is 0 Å². The Morgan fingerprint density at radius 2 is 2.08 bits per heavy atom. The van der Waals surface area contributed by atoms with Gasteiger partial charge in [-0.05, 0) is 25.0 Å². The van der Waals surface area contributed by atoms with Gasteiger partial charge in [0.25, 0.3) is 0 Å². The van der Waals surface area contributed by atoms with Crippen molar-refractivity contribution >= 4 is 16.9 Å². The minimum Gasteiger partial charge on any atom is -0.384 e. The second-order valence-corrected chi connectivity index (χ2v) is 6.77. The van der Waals surface area contributed by atoms with Gasteiger partial charge in [-0.15, -0.1) is 0 Å². The number of hydrogen-bond acceptors (Lipinski definition) is 3. The number of fused-ring (bicyclic) bond motifs is 1. The first kappa shape index (κ1) is 16.8. The van der Waals surface area contributed by atoms with Gasteiger partial charge in [-0.25, -0.2) is 4.79 Å². The number of amides is 1. The average molecular weight is 331 g/mol. The zero-order chi connectivity index (χ0) is 17.0. The molecule has 1 heterocycles. The van der Waals surface area contributed by atoms with Crippen LogP contribution in [0.25, 0.3) is 11.0 Å². The molecular weight excluding hydrogens is 306 g/mol. The molecule has 3 rings (SSSR count). The lowest BCUT2D eigenvalue weighted by atomic mass is 9.87. The summed E-state index contributed by atoms with van der Waals surface area (Å²) in [6, 6.07) is 7.52. The van der Waals surface area contributed by atoms with E-state index in [1.165, 1.54) is 12.8 Å². The number of aryl methyl sites for hydroxylation is 1. The molecule has 1 aliphatic rings. The normalized spacial score (nSPS) is 16.5. The molecule has 24 heavy (non-hydrogen) atoms. The van der Waals surface area contributed by atoms with E-state index in [1.54, 1.807) is 11.7 Å². The smallest absolute Gasteiger partial charge is 0.326 e. The number of aromatic nitrogens is 2. The highest BCUT2D eigenvalue weighted by atomic mass is 16.5. The van der Waals surface area contributed by atoms with Crippen molar-refractivity contribution in [3.63, 3.8) is 0 Å². The lowest BCUT2D eigenvalue weighted by Crippen LogP contribution is -2.39. The minimum atomic E-state index is -0.171. The zero-order valence-corrected chi connectivity index (χ0v) is 14.1. The number of carbonyl (C=O) groups is 1. The van der Waals surface area contributed by atoms with E-state index >= 15 is 0 Å². The van der Waals surface area contributed by atoms with Crippen molar-refractivity contribution in [3.8, 4) is 0 Å². The molecule has 0 unspecified atom stereocenters. The molecule has 0 atom stereocenters. The maximum absolute atomic E-state index is 12.2. The van der Waals surface area contributed by atoms with E-state index in [0.29, 0.717) is 26.1 Å². The fourth-order valence-corrected chi connectivity index (χ4v) is 3.72. The van der Waals surface area contributed by atoms with Crippen molar-refractivity contribution in [2.45, 2.75) is 38.6 Å². The van der Waals surface area contributed by atoms with Crippen LogP contribution in [0.3, 0.4) is 0 Å². The molecule has 2 N–H and O–H groups in total. The molecule has 0 bridgehead atoms. The molecule has 130 valence electrons. The highest BCUT2D eigenvalue weighted by molar-refractivity contribution is 5.77. The summed E-state index contributed by atoms with van der Waals surface area (Å²) in [6.07, 6.45) is 4.89. The molecule has 0 aliphatic heterocycles. The molecule has 2 aromatic rings. The monoisotopic (exact) mass is 331 g/mol. The Hall–Kier alpha value is -2.08. The molecule has 0 saturated heterocycles. The van der Waals surface area contributed by atoms with Gasteiger partial charge in [0.05, 0.1) is 17.6 Å². The van der Waals surface area contributed by atoms with E-state index < -0.39 is 0 Å². The molecular formula is C18H25N3O3. The van der Waals surface area contributed by atoms with Gasteiger partial charge < -0.3 is 15.0 Å². The van der Waals surface area contributed by atoms with Gasteiger partial charge in [-0.3, -0.25) is 9.36 Å². The third kappa shape index (κ3) is 3.53. The van der Waals surface area contributed by atoms with Crippen molar-refractivity contribution < 1.29 is 9.53 Å². The SMILES string of the molecule is COCC1(CNC(=O)CCn2c(=O)[nH]c3ccccc32)CCCC1. The van der Waals surface area contributed by atoms with Crippen LogP contribution < -0.4 is 11.0 Å². The number of benzene rings is 1. The first-order valence-electron chi connectivity index (χ1n) is 8.57. The summed E-state index contributed by atoms with van der Waals surface area (Å²) in [6.45, 7) is 1.73. The Morgan fingerprint density at radius 3 is 2.83 bits per heavy atom. The number of imidazole rings is 1. The molecule has 1 fully saturated rings. The zero-order valence-electron chi connectivity index (χ0n) is 14.1. The number of H-pyrrole nitrogens is 1. The van der Waals surface area contributed by atoms with Gasteiger partial charge >= 0.3 is 5.69 Å². The first-order chi connectivity index (χ1) is 11.6. The van der Waals surface area contributed by atoms with Gasteiger partial charge in [0.1, 0.15) is 0 Å². The van der Waals surface area contributed by atoms with Gasteiger partial charge in [0, 0.05) is 32.0 Å². The lowest BCUT2D eigenvalue weighted by molar-refractivity contribution is -0.122. The van der Waals surface area contributed by atoms with Crippen LogP contribution in [0.2, 0.25) is 0 Å². The highest BCUT2D eigenvalue weighted by Crippen LogP contribution is 2.37. The number of nitrogens with one attached hydrogen (secondary N) is 2. The number of hydrogen-bond donors (Lipinski definition) is 2. The standard InChI is InChI=1S/C18H25N3O3/c1-24-13-18(9-4-5-10-18)12-19-16(22)8-11-21-15-7-3-2-6-14(15)20-17(21)23/h2-3,6-7H,4-5,8-13H2,1H3,(H,19,22)(H,20,23). The predicted octanol–water partition coefficient (Wildman–Crippen LogP) is 2.04. The van der Waals surface area contributed by atoms with E-state index in [0.717, 1.165) is 23.9 Å². The summed E-state index contributed by atoms with van der Waals surface area (Å²) >= 11 is 0. The fraction of sp³-hybridized carbons (Fsp3) is 0.556. The Balaban J connectivity index is 1.57. The van der Waals surface area contributed by atoms with Crippen LogP contribution in [0.15, 0.2) is 29.1 Å².